The second kappa shape index (κ2) is 9.11. The van der Waals surface area contributed by atoms with Gasteiger partial charge in [-0.25, -0.2) is 0 Å². The van der Waals surface area contributed by atoms with Gasteiger partial charge in [-0.05, 0) is 48.9 Å². The van der Waals surface area contributed by atoms with Crippen LogP contribution >= 0.6 is 11.8 Å². The summed E-state index contributed by atoms with van der Waals surface area (Å²) in [7, 11) is 0. The van der Waals surface area contributed by atoms with Gasteiger partial charge in [-0.1, -0.05) is 48.5 Å². The number of hydrogen-bond donors (Lipinski definition) is 1. The van der Waals surface area contributed by atoms with Gasteiger partial charge in [-0.15, -0.1) is 11.8 Å². The zero-order valence-electron chi connectivity index (χ0n) is 14.6. The highest BCUT2D eigenvalue weighted by Crippen LogP contribution is 2.23. The molecule has 4 heteroatoms. The summed E-state index contributed by atoms with van der Waals surface area (Å²) in [4.78, 5) is 13.5. The molecule has 3 aromatic rings. The first-order valence-corrected chi connectivity index (χ1v) is 9.48. The Bertz CT molecular complexity index is 820. The fourth-order valence-corrected chi connectivity index (χ4v) is 3.24. The van der Waals surface area contributed by atoms with Crippen molar-refractivity contribution >= 4 is 23.4 Å². The fourth-order valence-electron chi connectivity index (χ4n) is 2.37. The summed E-state index contributed by atoms with van der Waals surface area (Å²) in [5.74, 6) is 1.41. The molecular formula is C22H21NO2S. The van der Waals surface area contributed by atoms with E-state index in [9.17, 15) is 4.79 Å². The zero-order chi connectivity index (χ0) is 18.2. The van der Waals surface area contributed by atoms with E-state index in [1.807, 2.05) is 72.8 Å². The summed E-state index contributed by atoms with van der Waals surface area (Å²) in [6, 6.07) is 27.6. The monoisotopic (exact) mass is 363 g/mol. The first-order valence-electron chi connectivity index (χ1n) is 8.50. The predicted octanol–water partition coefficient (Wildman–Crippen LogP) is 5.38. The highest BCUT2D eigenvalue weighted by atomic mass is 32.2. The lowest BCUT2D eigenvalue weighted by Gasteiger charge is -2.15. The van der Waals surface area contributed by atoms with Crippen molar-refractivity contribution in [3.05, 3.63) is 90.5 Å². The Kier molecular flexibility index (Phi) is 6.34. The van der Waals surface area contributed by atoms with Crippen LogP contribution in [0.4, 0.5) is 5.69 Å². The van der Waals surface area contributed by atoms with Gasteiger partial charge in [0.2, 0.25) is 0 Å². The largest absolute Gasteiger partial charge is 0.481 e. The molecule has 0 radical (unpaired) electrons. The first-order chi connectivity index (χ1) is 12.7. The van der Waals surface area contributed by atoms with Crippen LogP contribution in [0.2, 0.25) is 0 Å². The van der Waals surface area contributed by atoms with Crippen molar-refractivity contribution in [3.8, 4) is 5.75 Å². The molecule has 0 fully saturated rings. The molecular weight excluding hydrogens is 342 g/mol. The van der Waals surface area contributed by atoms with Crippen LogP contribution in [0.3, 0.4) is 0 Å². The molecule has 1 atom stereocenters. The standard InChI is InChI=1S/C22H21NO2S/c1-17(25-20-8-4-2-5-9-20)22(24)23-19-14-12-18(13-15-19)16-26-21-10-6-3-7-11-21/h2-15,17H,16H2,1H3,(H,23,24)/t17-/m0/s1. The Balaban J connectivity index is 1.51. The topological polar surface area (TPSA) is 38.3 Å². The number of ether oxygens (including phenoxy) is 1. The van der Waals surface area contributed by atoms with Crippen molar-refractivity contribution in [1.29, 1.82) is 0 Å². The molecule has 26 heavy (non-hydrogen) atoms. The van der Waals surface area contributed by atoms with Crippen LogP contribution in [0.1, 0.15) is 12.5 Å². The van der Waals surface area contributed by atoms with E-state index in [2.05, 4.69) is 17.4 Å². The summed E-state index contributed by atoms with van der Waals surface area (Å²) < 4.78 is 5.64. The normalized spacial score (nSPS) is 11.6. The third-order valence-electron chi connectivity index (χ3n) is 3.80. The number of carbonyl (C=O) groups is 1. The van der Waals surface area contributed by atoms with Crippen molar-refractivity contribution in [2.75, 3.05) is 5.32 Å². The molecule has 3 aromatic carbocycles. The van der Waals surface area contributed by atoms with Gasteiger partial charge in [0.05, 0.1) is 0 Å². The average molecular weight is 363 g/mol. The molecule has 0 unspecified atom stereocenters. The number of hydrogen-bond acceptors (Lipinski definition) is 3. The van der Waals surface area contributed by atoms with Crippen molar-refractivity contribution in [2.24, 2.45) is 0 Å². The Morgan fingerprint density at radius 2 is 1.54 bits per heavy atom. The molecule has 0 saturated carbocycles. The molecule has 0 bridgehead atoms. The van der Waals surface area contributed by atoms with E-state index in [1.165, 1.54) is 10.5 Å². The third-order valence-corrected chi connectivity index (χ3v) is 4.88. The Labute approximate surface area is 158 Å². The average Bonchev–Trinajstić information content (AvgIpc) is 2.69. The molecule has 0 aliphatic rings. The van der Waals surface area contributed by atoms with Gasteiger partial charge in [-0.3, -0.25) is 4.79 Å². The van der Waals surface area contributed by atoms with Crippen LogP contribution in [0.25, 0.3) is 0 Å². The number of amides is 1. The lowest BCUT2D eigenvalue weighted by atomic mass is 10.2. The maximum absolute atomic E-state index is 12.3. The molecule has 0 aliphatic heterocycles. The number of para-hydroxylation sites is 1. The second-order valence-electron chi connectivity index (χ2n) is 5.86. The van der Waals surface area contributed by atoms with E-state index in [0.717, 1.165) is 11.4 Å². The fraction of sp³-hybridized carbons (Fsp3) is 0.136. The molecule has 0 aliphatic carbocycles. The Morgan fingerprint density at radius 1 is 0.923 bits per heavy atom. The second-order valence-corrected chi connectivity index (χ2v) is 6.91. The third kappa shape index (κ3) is 5.39. The Morgan fingerprint density at radius 3 is 2.19 bits per heavy atom. The molecule has 0 saturated heterocycles. The molecule has 0 heterocycles. The molecule has 0 aromatic heterocycles. The van der Waals surface area contributed by atoms with Gasteiger partial charge in [0.15, 0.2) is 6.10 Å². The molecule has 132 valence electrons. The predicted molar refractivity (Wildman–Crippen MR) is 108 cm³/mol. The molecule has 3 nitrogen and oxygen atoms in total. The summed E-state index contributed by atoms with van der Waals surface area (Å²) in [6.07, 6.45) is -0.564. The van der Waals surface area contributed by atoms with E-state index < -0.39 is 6.10 Å². The number of thioether (sulfide) groups is 1. The van der Waals surface area contributed by atoms with Gasteiger partial charge >= 0.3 is 0 Å². The Hall–Kier alpha value is -2.72. The summed E-state index contributed by atoms with van der Waals surface area (Å²) in [6.45, 7) is 1.74. The number of nitrogens with one attached hydrogen (secondary N) is 1. The van der Waals surface area contributed by atoms with Crippen molar-refractivity contribution in [2.45, 2.75) is 23.7 Å². The molecule has 0 spiro atoms. The quantitative estimate of drug-likeness (QED) is 0.572. The number of carbonyl (C=O) groups excluding carboxylic acids is 1. The van der Waals surface area contributed by atoms with E-state index >= 15 is 0 Å². The van der Waals surface area contributed by atoms with Gasteiger partial charge in [0, 0.05) is 16.3 Å². The lowest BCUT2D eigenvalue weighted by molar-refractivity contribution is -0.122. The highest BCUT2D eigenvalue weighted by Gasteiger charge is 2.14. The van der Waals surface area contributed by atoms with Crippen LogP contribution < -0.4 is 10.1 Å². The number of anilines is 1. The number of rotatable bonds is 7. The first kappa shape index (κ1) is 18.1. The zero-order valence-corrected chi connectivity index (χ0v) is 15.4. The van der Waals surface area contributed by atoms with Gasteiger partial charge in [0.25, 0.3) is 5.91 Å². The van der Waals surface area contributed by atoms with Crippen LogP contribution in [-0.2, 0) is 10.5 Å². The van der Waals surface area contributed by atoms with Crippen LogP contribution in [0, 0.1) is 0 Å². The lowest BCUT2D eigenvalue weighted by Crippen LogP contribution is -2.30. The van der Waals surface area contributed by atoms with Crippen LogP contribution in [0.15, 0.2) is 89.8 Å². The van der Waals surface area contributed by atoms with Gasteiger partial charge in [0.1, 0.15) is 5.75 Å². The van der Waals surface area contributed by atoms with E-state index in [4.69, 9.17) is 4.74 Å². The molecule has 1 amide bonds. The van der Waals surface area contributed by atoms with Crippen LogP contribution in [-0.4, -0.2) is 12.0 Å². The number of benzene rings is 3. The summed E-state index contributed by atoms with van der Waals surface area (Å²) >= 11 is 1.79. The maximum atomic E-state index is 12.3. The highest BCUT2D eigenvalue weighted by molar-refractivity contribution is 7.98. The van der Waals surface area contributed by atoms with Crippen molar-refractivity contribution in [3.63, 3.8) is 0 Å². The van der Waals surface area contributed by atoms with Gasteiger partial charge < -0.3 is 10.1 Å². The van der Waals surface area contributed by atoms with Crippen molar-refractivity contribution < 1.29 is 9.53 Å². The smallest absolute Gasteiger partial charge is 0.265 e. The minimum Gasteiger partial charge on any atom is -0.481 e. The summed E-state index contributed by atoms with van der Waals surface area (Å²) in [5, 5.41) is 2.89. The van der Waals surface area contributed by atoms with Crippen molar-refractivity contribution in [1.82, 2.24) is 0 Å². The van der Waals surface area contributed by atoms with E-state index in [0.29, 0.717) is 5.75 Å². The SMILES string of the molecule is C[C@H](Oc1ccccc1)C(=O)Nc1ccc(CSc2ccccc2)cc1. The van der Waals surface area contributed by atoms with E-state index in [1.54, 1.807) is 18.7 Å². The minimum atomic E-state index is -0.564. The van der Waals surface area contributed by atoms with Gasteiger partial charge in [-0.2, -0.15) is 0 Å². The van der Waals surface area contributed by atoms with Crippen LogP contribution in [0.5, 0.6) is 5.75 Å². The minimum absolute atomic E-state index is 0.166. The molecule has 3 rings (SSSR count). The summed E-state index contributed by atoms with van der Waals surface area (Å²) in [5.41, 5.74) is 1.98. The molecule has 1 N–H and O–H groups in total. The van der Waals surface area contributed by atoms with E-state index in [-0.39, 0.29) is 5.91 Å². The maximum Gasteiger partial charge on any atom is 0.265 e.